The van der Waals surface area contributed by atoms with Crippen LogP contribution < -0.4 is 5.32 Å². The van der Waals surface area contributed by atoms with Crippen molar-refractivity contribution in [3.8, 4) is 0 Å². The number of carbonyl (C=O) groups excluding carboxylic acids is 2. The number of hydrogen-bond acceptors (Lipinski definition) is 3. The van der Waals surface area contributed by atoms with Gasteiger partial charge in [-0.15, -0.1) is 11.8 Å². The molecule has 2 amide bonds. The van der Waals surface area contributed by atoms with Gasteiger partial charge in [-0.25, -0.2) is 8.78 Å². The number of benzene rings is 2. The first-order chi connectivity index (χ1) is 12.3. The topological polar surface area (TPSA) is 49.4 Å². The number of hydrogen-bond donors (Lipinski definition) is 1. The summed E-state index contributed by atoms with van der Waals surface area (Å²) in [6.45, 7) is 3.40. The van der Waals surface area contributed by atoms with E-state index < -0.39 is 16.9 Å². The molecule has 0 spiro atoms. The third-order valence-corrected chi connectivity index (χ3v) is 4.76. The van der Waals surface area contributed by atoms with Crippen LogP contribution in [0.3, 0.4) is 0 Å². The van der Waals surface area contributed by atoms with Gasteiger partial charge in [-0.1, -0.05) is 17.7 Å². The fraction of sp³-hybridized carbons (Fsp3) is 0.263. The lowest BCUT2D eigenvalue weighted by molar-refractivity contribution is -0.132. The highest BCUT2D eigenvalue weighted by Crippen LogP contribution is 2.27. The van der Waals surface area contributed by atoms with Crippen molar-refractivity contribution in [2.75, 3.05) is 18.9 Å². The Morgan fingerprint density at radius 1 is 1.15 bits per heavy atom. The van der Waals surface area contributed by atoms with E-state index in [-0.39, 0.29) is 23.3 Å². The number of aryl methyl sites for hydroxylation is 1. The van der Waals surface area contributed by atoms with Gasteiger partial charge in [0.25, 0.3) is 0 Å². The molecule has 0 unspecified atom stereocenters. The second-order valence-corrected chi connectivity index (χ2v) is 7.33. The molecule has 0 heterocycles. The molecule has 0 bridgehead atoms. The average Bonchev–Trinajstić information content (AvgIpc) is 2.59. The van der Waals surface area contributed by atoms with Gasteiger partial charge in [-0.05, 0) is 44.2 Å². The number of thioether (sulfide) groups is 1. The van der Waals surface area contributed by atoms with Crippen molar-refractivity contribution in [2.24, 2.45) is 0 Å². The van der Waals surface area contributed by atoms with Gasteiger partial charge in [0.2, 0.25) is 11.8 Å². The van der Waals surface area contributed by atoms with Crippen LogP contribution in [0.4, 0.5) is 14.5 Å². The lowest BCUT2D eigenvalue weighted by Crippen LogP contribution is -2.38. The summed E-state index contributed by atoms with van der Waals surface area (Å²) in [5, 5.41) is 2.05. The molecule has 2 aromatic rings. The molecule has 4 nitrogen and oxygen atoms in total. The van der Waals surface area contributed by atoms with Crippen molar-refractivity contribution >= 4 is 29.3 Å². The number of likely N-dealkylation sites (N-methyl/N-ethyl adjacent to an activating group) is 1. The summed E-state index contributed by atoms with van der Waals surface area (Å²) in [5.74, 6) is -1.84. The molecule has 7 heteroatoms. The van der Waals surface area contributed by atoms with E-state index in [1.807, 2.05) is 19.1 Å². The first-order valence-electron chi connectivity index (χ1n) is 7.99. The van der Waals surface area contributed by atoms with Crippen molar-refractivity contribution in [2.45, 2.75) is 24.0 Å². The molecule has 0 aliphatic heterocycles. The van der Waals surface area contributed by atoms with Gasteiger partial charge in [-0.2, -0.15) is 0 Å². The van der Waals surface area contributed by atoms with E-state index in [2.05, 4.69) is 5.32 Å². The molecular formula is C19H20F2N2O2S. The summed E-state index contributed by atoms with van der Waals surface area (Å²) in [4.78, 5) is 25.8. The molecule has 0 saturated heterocycles. The van der Waals surface area contributed by atoms with Gasteiger partial charge in [0, 0.05) is 17.6 Å². The Bertz CT molecular complexity index is 797. The lowest BCUT2D eigenvalue weighted by Gasteiger charge is -2.21. The molecule has 2 aromatic carbocycles. The standard InChI is InChI=1S/C19H20F2N2O2S/c1-12-4-7-15(8-5-12)22-18(24)11-23(3)19(25)13(2)26-17-10-14(20)6-9-16(17)21/h4-10,13H,11H2,1-3H3,(H,22,24)/t13-/m0/s1. The highest BCUT2D eigenvalue weighted by Gasteiger charge is 2.22. The van der Waals surface area contributed by atoms with Crippen molar-refractivity contribution in [3.05, 3.63) is 59.7 Å². The minimum absolute atomic E-state index is 0.0587. The minimum atomic E-state index is -0.663. The monoisotopic (exact) mass is 378 g/mol. The predicted molar refractivity (Wildman–Crippen MR) is 99.1 cm³/mol. The Morgan fingerprint density at radius 3 is 2.46 bits per heavy atom. The SMILES string of the molecule is Cc1ccc(NC(=O)CN(C)C(=O)[C@H](C)Sc2cc(F)ccc2F)cc1. The summed E-state index contributed by atoms with van der Waals surface area (Å²) in [5.41, 5.74) is 1.72. The van der Waals surface area contributed by atoms with Crippen molar-refractivity contribution in [3.63, 3.8) is 0 Å². The molecule has 0 aliphatic carbocycles. The summed E-state index contributed by atoms with van der Waals surface area (Å²) < 4.78 is 26.9. The van der Waals surface area contributed by atoms with E-state index in [0.29, 0.717) is 5.69 Å². The summed E-state index contributed by atoms with van der Waals surface area (Å²) in [7, 11) is 1.50. The van der Waals surface area contributed by atoms with E-state index in [9.17, 15) is 18.4 Å². The quantitative estimate of drug-likeness (QED) is 0.777. The van der Waals surface area contributed by atoms with Crippen LogP contribution in [0.15, 0.2) is 47.4 Å². The van der Waals surface area contributed by atoms with Crippen LogP contribution in [0.5, 0.6) is 0 Å². The zero-order valence-electron chi connectivity index (χ0n) is 14.8. The van der Waals surface area contributed by atoms with Crippen LogP contribution in [-0.4, -0.2) is 35.6 Å². The Balaban J connectivity index is 1.92. The van der Waals surface area contributed by atoms with Crippen LogP contribution in [0, 0.1) is 18.6 Å². The van der Waals surface area contributed by atoms with Crippen LogP contribution in [-0.2, 0) is 9.59 Å². The molecule has 0 fully saturated rings. The molecule has 138 valence electrons. The van der Waals surface area contributed by atoms with E-state index in [0.717, 1.165) is 35.5 Å². The average molecular weight is 378 g/mol. The maximum Gasteiger partial charge on any atom is 0.243 e. The molecule has 2 rings (SSSR count). The number of anilines is 1. The third-order valence-electron chi connectivity index (χ3n) is 3.64. The van der Waals surface area contributed by atoms with Gasteiger partial charge in [0.15, 0.2) is 0 Å². The number of amides is 2. The van der Waals surface area contributed by atoms with Crippen LogP contribution >= 0.6 is 11.8 Å². The Labute approximate surface area is 155 Å². The third kappa shape index (κ3) is 5.56. The molecule has 0 aromatic heterocycles. The summed E-state index contributed by atoms with van der Waals surface area (Å²) >= 11 is 0.916. The van der Waals surface area contributed by atoms with Gasteiger partial charge in [0.1, 0.15) is 11.6 Å². The van der Waals surface area contributed by atoms with Crippen molar-refractivity contribution in [1.29, 1.82) is 0 Å². The second-order valence-electron chi connectivity index (χ2n) is 5.94. The number of rotatable bonds is 6. The van der Waals surface area contributed by atoms with Gasteiger partial charge < -0.3 is 10.2 Å². The maximum absolute atomic E-state index is 13.7. The Morgan fingerprint density at radius 2 is 1.81 bits per heavy atom. The molecular weight excluding hydrogens is 358 g/mol. The normalized spacial score (nSPS) is 11.7. The fourth-order valence-electron chi connectivity index (χ4n) is 2.25. The number of nitrogens with zero attached hydrogens (tertiary/aromatic N) is 1. The highest BCUT2D eigenvalue weighted by atomic mass is 32.2. The number of carbonyl (C=O) groups is 2. The van der Waals surface area contributed by atoms with Crippen LogP contribution in [0.25, 0.3) is 0 Å². The van der Waals surface area contributed by atoms with Crippen molar-refractivity contribution in [1.82, 2.24) is 4.90 Å². The smallest absolute Gasteiger partial charge is 0.243 e. The fourth-order valence-corrected chi connectivity index (χ4v) is 3.27. The van der Waals surface area contributed by atoms with E-state index in [1.165, 1.54) is 11.9 Å². The summed E-state index contributed by atoms with van der Waals surface area (Å²) in [6, 6.07) is 10.4. The number of halogens is 2. The molecule has 1 N–H and O–H groups in total. The molecule has 0 saturated carbocycles. The lowest BCUT2D eigenvalue weighted by atomic mass is 10.2. The molecule has 0 radical (unpaired) electrons. The van der Waals surface area contributed by atoms with Crippen LogP contribution in [0.1, 0.15) is 12.5 Å². The van der Waals surface area contributed by atoms with E-state index in [4.69, 9.17) is 0 Å². The first kappa shape index (κ1) is 19.9. The zero-order valence-corrected chi connectivity index (χ0v) is 15.6. The maximum atomic E-state index is 13.7. The summed E-state index contributed by atoms with van der Waals surface area (Å²) in [6.07, 6.45) is 0. The first-order valence-corrected chi connectivity index (χ1v) is 8.87. The zero-order chi connectivity index (χ0) is 19.3. The molecule has 0 aliphatic rings. The van der Waals surface area contributed by atoms with Crippen molar-refractivity contribution < 1.29 is 18.4 Å². The van der Waals surface area contributed by atoms with Crippen LogP contribution in [0.2, 0.25) is 0 Å². The largest absolute Gasteiger partial charge is 0.335 e. The minimum Gasteiger partial charge on any atom is -0.335 e. The Hall–Kier alpha value is -2.41. The number of nitrogens with one attached hydrogen (secondary N) is 1. The van der Waals surface area contributed by atoms with E-state index >= 15 is 0 Å². The van der Waals surface area contributed by atoms with Gasteiger partial charge in [0.05, 0.1) is 11.8 Å². The molecule has 1 atom stereocenters. The second kappa shape index (κ2) is 8.80. The van der Waals surface area contributed by atoms with E-state index in [1.54, 1.807) is 19.1 Å². The molecule has 26 heavy (non-hydrogen) atoms. The predicted octanol–water partition coefficient (Wildman–Crippen LogP) is 3.85. The van der Waals surface area contributed by atoms with Gasteiger partial charge in [-0.3, -0.25) is 9.59 Å². The Kier molecular flexibility index (Phi) is 6.74. The van der Waals surface area contributed by atoms with Gasteiger partial charge >= 0.3 is 0 Å². The highest BCUT2D eigenvalue weighted by molar-refractivity contribution is 8.00.